The highest BCUT2D eigenvalue weighted by atomic mass is 16.2. The molecular formula is C29H34N4O3. The molecule has 2 heterocycles. The van der Waals surface area contributed by atoms with Gasteiger partial charge in [-0.1, -0.05) is 69.3 Å². The zero-order valence-corrected chi connectivity index (χ0v) is 21.5. The van der Waals surface area contributed by atoms with E-state index in [2.05, 4.69) is 9.88 Å². The third kappa shape index (κ3) is 5.25. The standard InChI is InChI=1S/C29H34N4O3/c1-29(2,3)22(27(35)30-4)18-24(34)25-23-19-32(28(36)21-14-9-6-10-15-21)16-11-17-33(23)26(31-25)20-12-7-5-8-13-20/h5-10,12-15,22H,11,16-19H2,1-4H3,(H,30,35)/t22-/m1/s1. The number of carbonyl (C=O) groups is 3. The Balaban J connectivity index is 1.76. The van der Waals surface area contributed by atoms with Gasteiger partial charge in [0.05, 0.1) is 18.2 Å². The lowest BCUT2D eigenvalue weighted by Gasteiger charge is -2.28. The van der Waals surface area contributed by atoms with Crippen LogP contribution in [0.5, 0.6) is 0 Å². The molecule has 0 radical (unpaired) electrons. The van der Waals surface area contributed by atoms with E-state index in [9.17, 15) is 14.4 Å². The average molecular weight is 487 g/mol. The minimum atomic E-state index is -0.500. The SMILES string of the molecule is CNC(=O)[C@@H](CC(=O)c1nc(-c2ccccc2)n2c1CN(C(=O)c1ccccc1)CCC2)C(C)(C)C. The van der Waals surface area contributed by atoms with Gasteiger partial charge in [-0.15, -0.1) is 0 Å². The summed E-state index contributed by atoms with van der Waals surface area (Å²) in [5.41, 5.74) is 2.21. The minimum absolute atomic E-state index is 0.0497. The number of rotatable bonds is 6. The molecule has 0 unspecified atom stereocenters. The fourth-order valence-corrected chi connectivity index (χ4v) is 4.78. The highest BCUT2D eigenvalue weighted by Gasteiger charge is 2.35. The molecule has 0 bridgehead atoms. The Morgan fingerprint density at radius 1 is 0.972 bits per heavy atom. The molecule has 36 heavy (non-hydrogen) atoms. The summed E-state index contributed by atoms with van der Waals surface area (Å²) < 4.78 is 2.08. The lowest BCUT2D eigenvalue weighted by Crippen LogP contribution is -2.37. The second kappa shape index (κ2) is 10.5. The number of hydrogen-bond donors (Lipinski definition) is 1. The number of carbonyl (C=O) groups excluding carboxylic acids is 3. The second-order valence-electron chi connectivity index (χ2n) is 10.4. The number of fused-ring (bicyclic) bond motifs is 1. The molecule has 0 saturated heterocycles. The predicted octanol–water partition coefficient (Wildman–Crippen LogP) is 4.58. The third-order valence-corrected chi connectivity index (χ3v) is 6.82. The Morgan fingerprint density at radius 2 is 1.61 bits per heavy atom. The van der Waals surface area contributed by atoms with Gasteiger partial charge in [0.2, 0.25) is 5.91 Å². The number of benzene rings is 2. The van der Waals surface area contributed by atoms with E-state index in [4.69, 9.17) is 4.98 Å². The summed E-state index contributed by atoms with van der Waals surface area (Å²) >= 11 is 0. The van der Waals surface area contributed by atoms with E-state index in [1.54, 1.807) is 11.9 Å². The lowest BCUT2D eigenvalue weighted by atomic mass is 9.77. The molecule has 1 aliphatic heterocycles. The van der Waals surface area contributed by atoms with Crippen LogP contribution in [0.4, 0.5) is 0 Å². The van der Waals surface area contributed by atoms with E-state index in [0.717, 1.165) is 23.5 Å². The van der Waals surface area contributed by atoms with Crippen LogP contribution in [0.1, 0.15) is 60.2 Å². The molecule has 4 rings (SSSR count). The van der Waals surface area contributed by atoms with Gasteiger partial charge in [-0.2, -0.15) is 0 Å². The first-order chi connectivity index (χ1) is 17.2. The van der Waals surface area contributed by atoms with Crippen molar-refractivity contribution in [1.82, 2.24) is 19.8 Å². The summed E-state index contributed by atoms with van der Waals surface area (Å²) in [7, 11) is 1.59. The summed E-state index contributed by atoms with van der Waals surface area (Å²) in [5, 5.41) is 2.70. The van der Waals surface area contributed by atoms with Crippen LogP contribution in [-0.2, 0) is 17.9 Å². The molecule has 0 aliphatic carbocycles. The van der Waals surface area contributed by atoms with Crippen molar-refractivity contribution < 1.29 is 14.4 Å². The lowest BCUT2D eigenvalue weighted by molar-refractivity contribution is -0.127. The van der Waals surface area contributed by atoms with E-state index in [0.29, 0.717) is 24.3 Å². The summed E-state index contributed by atoms with van der Waals surface area (Å²) in [5.74, 6) is -0.192. The number of Topliss-reactive ketones (excluding diaryl/α,β-unsaturated/α-hetero) is 1. The number of hydrogen-bond acceptors (Lipinski definition) is 4. The number of nitrogens with zero attached hydrogens (tertiary/aromatic N) is 3. The Morgan fingerprint density at radius 3 is 2.22 bits per heavy atom. The summed E-state index contributed by atoms with van der Waals surface area (Å²) in [4.78, 5) is 46.3. The first kappa shape index (κ1) is 25.4. The Hall–Kier alpha value is -3.74. The van der Waals surface area contributed by atoms with Crippen molar-refractivity contribution in [3.8, 4) is 11.4 Å². The molecule has 0 fully saturated rings. The highest BCUT2D eigenvalue weighted by Crippen LogP contribution is 2.32. The van der Waals surface area contributed by atoms with Crippen LogP contribution >= 0.6 is 0 Å². The van der Waals surface area contributed by atoms with Crippen molar-refractivity contribution in [2.75, 3.05) is 13.6 Å². The van der Waals surface area contributed by atoms with Gasteiger partial charge in [0.1, 0.15) is 11.5 Å². The Kier molecular flexibility index (Phi) is 7.38. The van der Waals surface area contributed by atoms with Gasteiger partial charge >= 0.3 is 0 Å². The van der Waals surface area contributed by atoms with Crippen molar-refractivity contribution in [3.63, 3.8) is 0 Å². The smallest absolute Gasteiger partial charge is 0.254 e. The van der Waals surface area contributed by atoms with Crippen LogP contribution in [0.25, 0.3) is 11.4 Å². The molecule has 1 atom stereocenters. The van der Waals surface area contributed by atoms with Crippen LogP contribution in [0, 0.1) is 11.3 Å². The van der Waals surface area contributed by atoms with E-state index >= 15 is 0 Å². The monoisotopic (exact) mass is 486 g/mol. The zero-order valence-electron chi connectivity index (χ0n) is 21.5. The molecule has 7 heteroatoms. The number of imidazole rings is 1. The van der Waals surface area contributed by atoms with Gasteiger partial charge in [0.25, 0.3) is 5.91 Å². The maximum Gasteiger partial charge on any atom is 0.254 e. The minimum Gasteiger partial charge on any atom is -0.359 e. The third-order valence-electron chi connectivity index (χ3n) is 6.82. The molecule has 1 aliphatic rings. The molecule has 1 aromatic heterocycles. The molecule has 3 aromatic rings. The van der Waals surface area contributed by atoms with Crippen LogP contribution in [0.2, 0.25) is 0 Å². The van der Waals surface area contributed by atoms with Crippen molar-refractivity contribution in [2.45, 2.75) is 46.7 Å². The molecule has 0 spiro atoms. The fraction of sp³-hybridized carbons (Fsp3) is 0.379. The average Bonchev–Trinajstić information content (AvgIpc) is 3.09. The molecule has 0 saturated carbocycles. The molecule has 2 amide bonds. The highest BCUT2D eigenvalue weighted by molar-refractivity contribution is 5.99. The van der Waals surface area contributed by atoms with E-state index < -0.39 is 11.3 Å². The van der Waals surface area contributed by atoms with Gasteiger partial charge in [-0.05, 0) is 24.0 Å². The maximum absolute atomic E-state index is 13.7. The predicted molar refractivity (Wildman–Crippen MR) is 139 cm³/mol. The van der Waals surface area contributed by atoms with Crippen LogP contribution in [-0.4, -0.2) is 45.6 Å². The first-order valence-electron chi connectivity index (χ1n) is 12.4. The molecular weight excluding hydrogens is 452 g/mol. The van der Waals surface area contributed by atoms with Crippen molar-refractivity contribution in [2.24, 2.45) is 11.3 Å². The number of ketones is 1. The largest absolute Gasteiger partial charge is 0.359 e. The van der Waals surface area contributed by atoms with Crippen LogP contribution in [0.15, 0.2) is 60.7 Å². The van der Waals surface area contributed by atoms with Gasteiger partial charge in [0.15, 0.2) is 5.78 Å². The van der Waals surface area contributed by atoms with Gasteiger partial charge < -0.3 is 14.8 Å². The van der Waals surface area contributed by atoms with Gasteiger partial charge in [0, 0.05) is 37.7 Å². The van der Waals surface area contributed by atoms with E-state index in [1.807, 2.05) is 81.4 Å². The molecule has 188 valence electrons. The quantitative estimate of drug-likeness (QED) is 0.517. The molecule has 1 N–H and O–H groups in total. The van der Waals surface area contributed by atoms with Crippen LogP contribution in [0.3, 0.4) is 0 Å². The van der Waals surface area contributed by atoms with Crippen molar-refractivity contribution >= 4 is 17.6 Å². The number of nitrogens with one attached hydrogen (secondary N) is 1. The summed E-state index contributed by atoms with van der Waals surface area (Å²) in [6.45, 7) is 7.40. The zero-order chi connectivity index (χ0) is 25.9. The topological polar surface area (TPSA) is 84.3 Å². The normalized spacial score (nSPS) is 14.5. The fourth-order valence-electron chi connectivity index (χ4n) is 4.78. The van der Waals surface area contributed by atoms with Gasteiger partial charge in [-0.25, -0.2) is 4.98 Å². The van der Waals surface area contributed by atoms with Crippen molar-refractivity contribution in [3.05, 3.63) is 77.6 Å². The van der Waals surface area contributed by atoms with Crippen LogP contribution < -0.4 is 5.32 Å². The number of aromatic nitrogens is 2. The van der Waals surface area contributed by atoms with Gasteiger partial charge in [-0.3, -0.25) is 14.4 Å². The Bertz CT molecular complexity index is 1240. The van der Waals surface area contributed by atoms with Crippen molar-refractivity contribution in [1.29, 1.82) is 0 Å². The first-order valence-corrected chi connectivity index (χ1v) is 12.4. The number of amides is 2. The molecule has 7 nitrogen and oxygen atoms in total. The molecule has 2 aromatic carbocycles. The van der Waals surface area contributed by atoms with E-state index in [1.165, 1.54) is 0 Å². The summed E-state index contributed by atoms with van der Waals surface area (Å²) in [6.07, 6.45) is 0.798. The summed E-state index contributed by atoms with van der Waals surface area (Å²) in [6, 6.07) is 19.0. The van der Waals surface area contributed by atoms with E-state index in [-0.39, 0.29) is 30.6 Å². The second-order valence-corrected chi connectivity index (χ2v) is 10.4. The Labute approximate surface area is 212 Å². The maximum atomic E-state index is 13.7.